The number of ether oxygens (including phenoxy) is 2. The van der Waals surface area contributed by atoms with Gasteiger partial charge < -0.3 is 24.8 Å². The molecule has 1 atom stereocenters. The number of phenolic OH excluding ortho intramolecular Hbond substituents is 1. The van der Waals surface area contributed by atoms with E-state index in [1.54, 1.807) is 12.1 Å². The van der Waals surface area contributed by atoms with Crippen LogP contribution in [0.1, 0.15) is 44.6 Å². The number of rotatable bonds is 5. The first-order chi connectivity index (χ1) is 21.5. The van der Waals surface area contributed by atoms with E-state index in [2.05, 4.69) is 20.1 Å². The van der Waals surface area contributed by atoms with Crippen LogP contribution in [0, 0.1) is 11.6 Å². The number of halogens is 2. The lowest BCUT2D eigenvalue weighted by atomic mass is 9.94. The molecule has 1 unspecified atom stereocenters. The number of aromatic nitrogens is 3. The highest BCUT2D eigenvalue weighted by Gasteiger charge is 2.45. The molecule has 0 aliphatic carbocycles. The SMILES string of the molecule is CCc1c(F)ccc2cc(O)cc(-c3nc4c5c(nc(OCC67CCCN6CCC7)nc5c3F)N3CCNCC3CCO4)c12. The molecule has 0 saturated carbocycles. The average molecular weight is 603 g/mol. The van der Waals surface area contributed by atoms with Gasteiger partial charge in [-0.2, -0.15) is 9.97 Å². The summed E-state index contributed by atoms with van der Waals surface area (Å²) in [7, 11) is 0. The van der Waals surface area contributed by atoms with E-state index in [9.17, 15) is 5.11 Å². The van der Waals surface area contributed by atoms with Gasteiger partial charge in [-0.3, -0.25) is 4.90 Å². The number of hydrogen-bond acceptors (Lipinski definition) is 9. The smallest absolute Gasteiger partial charge is 0.319 e. The molecule has 3 saturated heterocycles. The first kappa shape index (κ1) is 27.7. The third-order valence-corrected chi connectivity index (χ3v) is 10.1. The summed E-state index contributed by atoms with van der Waals surface area (Å²) in [5, 5.41) is 15.6. The average Bonchev–Trinajstić information content (AvgIpc) is 3.61. The number of piperazine rings is 1. The molecule has 0 bridgehead atoms. The minimum absolute atomic E-state index is 0.0289. The van der Waals surface area contributed by atoms with Gasteiger partial charge in [-0.1, -0.05) is 13.0 Å². The van der Waals surface area contributed by atoms with Gasteiger partial charge in [0, 0.05) is 37.7 Å². The second-order valence-corrected chi connectivity index (χ2v) is 12.5. The van der Waals surface area contributed by atoms with Crippen LogP contribution in [0.5, 0.6) is 17.6 Å². The topological polar surface area (TPSA) is 95.9 Å². The van der Waals surface area contributed by atoms with Crippen LogP contribution in [0.15, 0.2) is 24.3 Å². The number of aromatic hydroxyl groups is 1. The van der Waals surface area contributed by atoms with Gasteiger partial charge in [0.25, 0.3) is 0 Å². The standard InChI is InChI=1S/C33H36F2N6O3/c1-2-22-24(34)6-5-19-15-21(42)16-23(25(19)22)28-27(35)29-26-30(41-13-10-36-17-20(41)7-14-43-31(26)37-28)39-32(38-29)44-18-33-8-3-11-40(33)12-4-9-33/h5-6,15-16,20,36,42H,2-4,7-14,17-18H2,1H3. The van der Waals surface area contributed by atoms with Crippen molar-refractivity contribution in [1.82, 2.24) is 25.2 Å². The Hall–Kier alpha value is -3.83. The number of nitrogens with zero attached hydrogens (tertiary/aromatic N) is 5. The van der Waals surface area contributed by atoms with Crippen molar-refractivity contribution in [1.29, 1.82) is 0 Å². The molecule has 0 spiro atoms. The fourth-order valence-electron chi connectivity index (χ4n) is 7.94. The van der Waals surface area contributed by atoms with Crippen molar-refractivity contribution in [2.45, 2.75) is 57.0 Å². The Kier molecular flexibility index (Phi) is 6.71. The second kappa shape index (κ2) is 10.7. The van der Waals surface area contributed by atoms with Crippen LogP contribution < -0.4 is 19.7 Å². The molecule has 4 aliphatic heterocycles. The highest BCUT2D eigenvalue weighted by molar-refractivity contribution is 6.03. The molecule has 2 N–H and O–H groups in total. The first-order valence-electron chi connectivity index (χ1n) is 15.8. The van der Waals surface area contributed by atoms with Gasteiger partial charge in [-0.05, 0) is 79.7 Å². The van der Waals surface area contributed by atoms with E-state index in [0.29, 0.717) is 53.7 Å². The van der Waals surface area contributed by atoms with Gasteiger partial charge in [-0.25, -0.2) is 13.8 Å². The van der Waals surface area contributed by atoms with E-state index in [0.717, 1.165) is 58.3 Å². The molecular formula is C33H36F2N6O3. The van der Waals surface area contributed by atoms with Crippen LogP contribution in [0.3, 0.4) is 0 Å². The monoisotopic (exact) mass is 602 g/mol. The summed E-state index contributed by atoms with van der Waals surface area (Å²) in [5.74, 6) is -0.377. The highest BCUT2D eigenvalue weighted by Crippen LogP contribution is 2.44. The fourth-order valence-corrected chi connectivity index (χ4v) is 7.94. The number of aryl methyl sites for hydroxylation is 1. The summed E-state index contributed by atoms with van der Waals surface area (Å²) >= 11 is 0. The number of phenols is 1. The predicted molar refractivity (Wildman–Crippen MR) is 164 cm³/mol. The molecule has 44 heavy (non-hydrogen) atoms. The van der Waals surface area contributed by atoms with Gasteiger partial charge in [0.1, 0.15) is 40.6 Å². The summed E-state index contributed by atoms with van der Waals surface area (Å²) in [6, 6.07) is 6.19. The Morgan fingerprint density at radius 1 is 1.09 bits per heavy atom. The van der Waals surface area contributed by atoms with Crippen LogP contribution in [0.2, 0.25) is 0 Å². The molecule has 0 radical (unpaired) electrons. The number of fused-ring (bicyclic) bond motifs is 4. The molecule has 4 aliphatic rings. The van der Waals surface area contributed by atoms with Gasteiger partial charge >= 0.3 is 6.01 Å². The van der Waals surface area contributed by atoms with Crippen molar-refractivity contribution in [3.05, 3.63) is 41.5 Å². The van der Waals surface area contributed by atoms with Gasteiger partial charge in [0.15, 0.2) is 5.82 Å². The Labute approximate surface area is 254 Å². The molecule has 6 heterocycles. The van der Waals surface area contributed by atoms with Crippen LogP contribution in [0.25, 0.3) is 32.9 Å². The Morgan fingerprint density at radius 2 is 1.93 bits per heavy atom. The van der Waals surface area contributed by atoms with Crippen LogP contribution in [-0.2, 0) is 6.42 Å². The zero-order valence-electron chi connectivity index (χ0n) is 24.8. The third kappa shape index (κ3) is 4.34. The van der Waals surface area contributed by atoms with Gasteiger partial charge in [0.05, 0.1) is 12.1 Å². The summed E-state index contributed by atoms with van der Waals surface area (Å²) in [6.07, 6.45) is 5.51. The molecule has 2 aromatic heterocycles. The van der Waals surface area contributed by atoms with E-state index < -0.39 is 11.6 Å². The van der Waals surface area contributed by atoms with E-state index in [-0.39, 0.29) is 46.0 Å². The number of nitrogens with one attached hydrogen (secondary N) is 1. The largest absolute Gasteiger partial charge is 0.508 e. The maximum absolute atomic E-state index is 17.0. The van der Waals surface area contributed by atoms with Crippen molar-refractivity contribution in [3.63, 3.8) is 0 Å². The lowest BCUT2D eigenvalue weighted by molar-refractivity contribution is 0.107. The van der Waals surface area contributed by atoms with E-state index in [4.69, 9.17) is 19.4 Å². The maximum atomic E-state index is 17.0. The Morgan fingerprint density at radius 3 is 2.75 bits per heavy atom. The zero-order chi connectivity index (χ0) is 30.0. The lowest BCUT2D eigenvalue weighted by Gasteiger charge is -2.39. The lowest BCUT2D eigenvalue weighted by Crippen LogP contribution is -2.52. The Balaban J connectivity index is 1.34. The van der Waals surface area contributed by atoms with Crippen molar-refractivity contribution < 1.29 is 23.4 Å². The molecule has 9 nitrogen and oxygen atoms in total. The van der Waals surface area contributed by atoms with Crippen LogP contribution in [0.4, 0.5) is 14.6 Å². The van der Waals surface area contributed by atoms with Crippen molar-refractivity contribution in [2.75, 3.05) is 50.8 Å². The minimum atomic E-state index is -0.687. The quantitative estimate of drug-likeness (QED) is 0.329. The molecule has 3 fully saturated rings. The number of pyridine rings is 1. The molecule has 11 heteroatoms. The molecule has 4 aromatic rings. The van der Waals surface area contributed by atoms with E-state index in [1.807, 2.05) is 6.92 Å². The summed E-state index contributed by atoms with van der Waals surface area (Å²) in [5.41, 5.74) is 0.668. The number of anilines is 1. The molecule has 230 valence electrons. The van der Waals surface area contributed by atoms with Gasteiger partial charge in [0.2, 0.25) is 5.88 Å². The normalized spacial score (nSPS) is 21.2. The molecule has 8 rings (SSSR count). The summed E-state index contributed by atoms with van der Waals surface area (Å²) < 4.78 is 44.6. The third-order valence-electron chi connectivity index (χ3n) is 10.1. The second-order valence-electron chi connectivity index (χ2n) is 12.5. The van der Waals surface area contributed by atoms with Crippen molar-refractivity contribution in [2.24, 2.45) is 0 Å². The van der Waals surface area contributed by atoms with Crippen molar-refractivity contribution >= 4 is 27.5 Å². The minimum Gasteiger partial charge on any atom is -0.508 e. The van der Waals surface area contributed by atoms with Crippen LogP contribution >= 0.6 is 0 Å². The number of hydrogen-bond donors (Lipinski definition) is 2. The van der Waals surface area contributed by atoms with E-state index in [1.165, 1.54) is 12.1 Å². The predicted octanol–water partition coefficient (Wildman–Crippen LogP) is 4.96. The number of benzene rings is 2. The first-order valence-corrected chi connectivity index (χ1v) is 15.8. The van der Waals surface area contributed by atoms with Crippen molar-refractivity contribution in [3.8, 4) is 28.9 Å². The summed E-state index contributed by atoms with van der Waals surface area (Å²) in [6.45, 7) is 7.02. The molecular weight excluding hydrogens is 566 g/mol. The van der Waals surface area contributed by atoms with Crippen LogP contribution in [-0.4, -0.2) is 82.5 Å². The Bertz CT molecular complexity index is 1770. The van der Waals surface area contributed by atoms with E-state index >= 15 is 8.78 Å². The molecule has 0 amide bonds. The van der Waals surface area contributed by atoms with Gasteiger partial charge in [-0.15, -0.1) is 0 Å². The maximum Gasteiger partial charge on any atom is 0.319 e. The highest BCUT2D eigenvalue weighted by atomic mass is 19.1. The summed E-state index contributed by atoms with van der Waals surface area (Å²) in [4.78, 5) is 19.0. The molecule has 2 aromatic carbocycles. The fraction of sp³-hybridized carbons (Fsp3) is 0.485. The zero-order valence-corrected chi connectivity index (χ0v) is 24.8.